The number of hydrogen-bond acceptors (Lipinski definition) is 3. The van der Waals surface area contributed by atoms with E-state index < -0.39 is 0 Å². The molecule has 0 N–H and O–H groups in total. The van der Waals surface area contributed by atoms with Crippen LogP contribution in [0.1, 0.15) is 38.2 Å². The number of benzene rings is 1. The number of nitrogens with zero attached hydrogens (tertiary/aromatic N) is 1. The maximum absolute atomic E-state index is 11.5. The Labute approximate surface area is 88.3 Å². The van der Waals surface area contributed by atoms with Crippen molar-refractivity contribution in [1.82, 2.24) is 0 Å². The minimum absolute atomic E-state index is 0.235. The highest BCUT2D eigenvalue weighted by molar-refractivity contribution is 5.96. The molecular weight excluding hydrogens is 190 g/mol. The fourth-order valence-electron chi connectivity index (χ4n) is 2.02. The molecule has 0 aromatic heterocycles. The summed E-state index contributed by atoms with van der Waals surface area (Å²) in [5.74, 6) is -0.304. The summed E-state index contributed by atoms with van der Waals surface area (Å²) in [7, 11) is 0. The van der Waals surface area contributed by atoms with Gasteiger partial charge in [-0.2, -0.15) is 5.26 Å². The molecule has 0 spiro atoms. The van der Waals surface area contributed by atoms with Crippen LogP contribution >= 0.6 is 0 Å². The monoisotopic (exact) mass is 201 g/mol. The molecule has 0 aliphatic carbocycles. The van der Waals surface area contributed by atoms with E-state index in [1.54, 1.807) is 0 Å². The highest BCUT2D eigenvalue weighted by Crippen LogP contribution is 2.31. The third kappa shape index (κ3) is 1.15. The summed E-state index contributed by atoms with van der Waals surface area (Å²) in [5, 5.41) is 9.07. The number of esters is 1. The summed E-state index contributed by atoms with van der Waals surface area (Å²) in [6, 6.07) is 2.15. The number of hydrogen-bond donors (Lipinski definition) is 0. The molecule has 0 amide bonds. The van der Waals surface area contributed by atoms with Crippen LogP contribution in [0.15, 0.2) is 0 Å². The van der Waals surface area contributed by atoms with Crippen molar-refractivity contribution in [2.45, 2.75) is 27.4 Å². The Bertz CT molecular complexity index is 510. The van der Waals surface area contributed by atoms with E-state index in [4.69, 9.17) is 10.00 Å². The number of nitriles is 1. The lowest BCUT2D eigenvalue weighted by molar-refractivity contribution is 0.0534. The Morgan fingerprint density at radius 2 is 1.87 bits per heavy atom. The molecule has 1 aliphatic rings. The van der Waals surface area contributed by atoms with Crippen molar-refractivity contribution in [1.29, 1.82) is 5.26 Å². The molecule has 1 aromatic carbocycles. The first-order chi connectivity index (χ1) is 7.07. The third-order valence-corrected chi connectivity index (χ3v) is 3.14. The molecule has 15 heavy (non-hydrogen) atoms. The first-order valence-electron chi connectivity index (χ1n) is 4.77. The van der Waals surface area contributed by atoms with Crippen molar-refractivity contribution in [3.05, 3.63) is 33.4 Å². The lowest BCUT2D eigenvalue weighted by Crippen LogP contribution is -2.03. The summed E-state index contributed by atoms with van der Waals surface area (Å²) in [5.41, 5.74) is 4.83. The van der Waals surface area contributed by atoms with Gasteiger partial charge in [0.25, 0.3) is 0 Å². The number of fused-ring (bicyclic) bond motifs is 1. The highest BCUT2D eigenvalue weighted by atomic mass is 16.5. The summed E-state index contributed by atoms with van der Waals surface area (Å²) in [4.78, 5) is 11.5. The Hall–Kier alpha value is -1.82. The number of rotatable bonds is 0. The van der Waals surface area contributed by atoms with Crippen LogP contribution in [0.5, 0.6) is 0 Å². The van der Waals surface area contributed by atoms with Crippen LogP contribution in [0.2, 0.25) is 0 Å². The average molecular weight is 201 g/mol. The van der Waals surface area contributed by atoms with Gasteiger partial charge in [-0.25, -0.2) is 4.79 Å². The largest absolute Gasteiger partial charge is 0.457 e. The smallest absolute Gasteiger partial charge is 0.339 e. The van der Waals surface area contributed by atoms with Gasteiger partial charge in [0.05, 0.1) is 17.2 Å². The first kappa shape index (κ1) is 9.72. The van der Waals surface area contributed by atoms with Gasteiger partial charge in [0.1, 0.15) is 6.61 Å². The second-order valence-electron chi connectivity index (χ2n) is 3.79. The van der Waals surface area contributed by atoms with Crippen LogP contribution in [0.3, 0.4) is 0 Å². The van der Waals surface area contributed by atoms with Crippen LogP contribution in [0.4, 0.5) is 0 Å². The van der Waals surface area contributed by atoms with Crippen molar-refractivity contribution in [2.24, 2.45) is 0 Å². The lowest BCUT2D eigenvalue weighted by atomic mass is 9.90. The van der Waals surface area contributed by atoms with Crippen LogP contribution in [-0.4, -0.2) is 5.97 Å². The molecule has 1 heterocycles. The van der Waals surface area contributed by atoms with Gasteiger partial charge in [0, 0.05) is 5.56 Å². The van der Waals surface area contributed by atoms with Gasteiger partial charge >= 0.3 is 5.97 Å². The minimum atomic E-state index is -0.304. The molecule has 1 aliphatic heterocycles. The molecule has 0 unspecified atom stereocenters. The zero-order valence-corrected chi connectivity index (χ0v) is 8.97. The van der Waals surface area contributed by atoms with Gasteiger partial charge in [-0.05, 0) is 37.5 Å². The van der Waals surface area contributed by atoms with E-state index in [1.807, 2.05) is 20.8 Å². The maximum atomic E-state index is 11.5. The summed E-state index contributed by atoms with van der Waals surface area (Å²) < 4.78 is 4.97. The van der Waals surface area contributed by atoms with Crippen molar-refractivity contribution >= 4 is 5.97 Å². The van der Waals surface area contributed by atoms with Gasteiger partial charge in [0.2, 0.25) is 0 Å². The SMILES string of the molecule is Cc1c(C)c(C#N)c2c(c1C)C(=O)OC2. The quantitative estimate of drug-likeness (QED) is 0.604. The van der Waals surface area contributed by atoms with E-state index in [1.165, 1.54) is 0 Å². The van der Waals surface area contributed by atoms with Gasteiger partial charge in [-0.3, -0.25) is 0 Å². The lowest BCUT2D eigenvalue weighted by Gasteiger charge is -2.10. The zero-order valence-electron chi connectivity index (χ0n) is 8.97. The van der Waals surface area contributed by atoms with Crippen molar-refractivity contribution in [3.8, 4) is 6.07 Å². The van der Waals surface area contributed by atoms with E-state index in [0.29, 0.717) is 11.1 Å². The van der Waals surface area contributed by atoms with E-state index in [0.717, 1.165) is 22.3 Å². The molecule has 0 atom stereocenters. The molecule has 1 aromatic rings. The molecule has 0 saturated carbocycles. The highest BCUT2D eigenvalue weighted by Gasteiger charge is 2.28. The van der Waals surface area contributed by atoms with E-state index >= 15 is 0 Å². The Morgan fingerprint density at radius 3 is 2.47 bits per heavy atom. The number of ether oxygens (including phenoxy) is 1. The zero-order chi connectivity index (χ0) is 11.2. The standard InChI is InChI=1S/C12H11NO2/c1-6-7(2)9(4-13)10-5-15-12(14)11(10)8(6)3/h5H2,1-3H3. The Morgan fingerprint density at radius 1 is 1.20 bits per heavy atom. The van der Waals surface area contributed by atoms with Crippen LogP contribution in [0.25, 0.3) is 0 Å². The Balaban J connectivity index is 2.89. The molecule has 76 valence electrons. The second-order valence-corrected chi connectivity index (χ2v) is 3.79. The summed E-state index contributed by atoms with van der Waals surface area (Å²) in [6.45, 7) is 5.97. The van der Waals surface area contributed by atoms with Crippen LogP contribution in [-0.2, 0) is 11.3 Å². The number of cyclic esters (lactones) is 1. The molecule has 0 fully saturated rings. The van der Waals surface area contributed by atoms with Crippen molar-refractivity contribution < 1.29 is 9.53 Å². The first-order valence-corrected chi connectivity index (χ1v) is 4.77. The van der Waals surface area contributed by atoms with Crippen LogP contribution in [0, 0.1) is 32.1 Å². The van der Waals surface area contributed by atoms with E-state index in [-0.39, 0.29) is 12.6 Å². The normalized spacial score (nSPS) is 13.3. The predicted octanol–water partition coefficient (Wildman–Crippen LogP) is 2.15. The topological polar surface area (TPSA) is 50.1 Å². The maximum Gasteiger partial charge on any atom is 0.339 e. The van der Waals surface area contributed by atoms with Gasteiger partial charge in [-0.1, -0.05) is 0 Å². The summed E-state index contributed by atoms with van der Waals surface area (Å²) >= 11 is 0. The molecule has 0 bridgehead atoms. The fourth-order valence-corrected chi connectivity index (χ4v) is 2.02. The molecule has 2 rings (SSSR count). The van der Waals surface area contributed by atoms with Gasteiger partial charge < -0.3 is 4.74 Å². The van der Waals surface area contributed by atoms with Crippen LogP contribution < -0.4 is 0 Å². The second kappa shape index (κ2) is 3.09. The van der Waals surface area contributed by atoms with E-state index in [2.05, 4.69) is 6.07 Å². The minimum Gasteiger partial charge on any atom is -0.457 e. The molecule has 0 saturated heterocycles. The van der Waals surface area contributed by atoms with Crippen molar-refractivity contribution in [2.75, 3.05) is 0 Å². The summed E-state index contributed by atoms with van der Waals surface area (Å²) in [6.07, 6.45) is 0. The van der Waals surface area contributed by atoms with Crippen molar-refractivity contribution in [3.63, 3.8) is 0 Å². The molecule has 3 nitrogen and oxygen atoms in total. The molecule has 0 radical (unpaired) electrons. The number of carbonyl (C=O) groups excluding carboxylic acids is 1. The molecule has 3 heteroatoms. The fraction of sp³-hybridized carbons (Fsp3) is 0.333. The van der Waals surface area contributed by atoms with Gasteiger partial charge in [-0.15, -0.1) is 0 Å². The average Bonchev–Trinajstić information content (AvgIpc) is 2.58. The predicted molar refractivity (Wildman–Crippen MR) is 54.5 cm³/mol. The molecular formula is C12H11NO2. The van der Waals surface area contributed by atoms with Gasteiger partial charge in [0.15, 0.2) is 0 Å². The number of carbonyl (C=O) groups is 1. The van der Waals surface area contributed by atoms with E-state index in [9.17, 15) is 4.79 Å². The third-order valence-electron chi connectivity index (χ3n) is 3.14. The Kier molecular flexibility index (Phi) is 2.01.